The summed E-state index contributed by atoms with van der Waals surface area (Å²) in [4.78, 5) is 4.60. The number of benzene rings is 5. The van der Waals surface area contributed by atoms with E-state index in [4.69, 9.17) is 9.26 Å². The zero-order valence-electron chi connectivity index (χ0n) is 28.1. The van der Waals surface area contributed by atoms with Crippen molar-refractivity contribution in [3.8, 4) is 22.6 Å². The summed E-state index contributed by atoms with van der Waals surface area (Å²) >= 11 is 0. The van der Waals surface area contributed by atoms with E-state index in [-0.39, 0.29) is 28.9 Å². The van der Waals surface area contributed by atoms with Crippen LogP contribution < -0.4 is 4.52 Å². The molecule has 1 aliphatic heterocycles. The summed E-state index contributed by atoms with van der Waals surface area (Å²) in [5.74, 6) is 2.88. The molecule has 0 aromatic heterocycles. The van der Waals surface area contributed by atoms with Gasteiger partial charge < -0.3 is 14.4 Å². The number of nitrogens with zero attached hydrogens (tertiary/aromatic N) is 2. The van der Waals surface area contributed by atoms with Crippen LogP contribution in [0.3, 0.4) is 0 Å². The van der Waals surface area contributed by atoms with E-state index < -0.39 is 8.30 Å². The molecule has 0 bridgehead atoms. The molecule has 250 valence electrons. The molecule has 0 spiro atoms. The van der Waals surface area contributed by atoms with E-state index in [9.17, 15) is 5.11 Å². The van der Waals surface area contributed by atoms with Gasteiger partial charge in [-0.15, -0.1) is 0 Å². The maximum atomic E-state index is 11.1. The molecule has 5 aromatic rings. The molecule has 0 saturated heterocycles. The Morgan fingerprint density at radius 3 is 1.96 bits per heavy atom. The summed E-state index contributed by atoms with van der Waals surface area (Å²) in [6.45, 7) is 6.78. The van der Waals surface area contributed by atoms with Gasteiger partial charge in [-0.3, -0.25) is 4.67 Å². The summed E-state index contributed by atoms with van der Waals surface area (Å²) in [5, 5.41) is 15.4. The fourth-order valence-electron chi connectivity index (χ4n) is 6.34. The van der Waals surface area contributed by atoms with Crippen LogP contribution in [0.5, 0.6) is 11.5 Å². The number of hydrogen-bond acceptors (Lipinski definition) is 5. The van der Waals surface area contributed by atoms with Crippen LogP contribution in [0.15, 0.2) is 108 Å². The Bertz CT molecular complexity index is 1880. The molecule has 5 nitrogen and oxygen atoms in total. The number of ether oxygens (including phenoxy) is 1. The Hall–Kier alpha value is -3.40. The van der Waals surface area contributed by atoms with Crippen molar-refractivity contribution in [3.05, 3.63) is 172 Å². The first-order valence-corrected chi connectivity index (χ1v) is 18.0. The summed E-state index contributed by atoms with van der Waals surface area (Å²) in [6, 6.07) is 34.8. The molecule has 1 heterocycles. The van der Waals surface area contributed by atoms with Crippen LogP contribution >= 0.6 is 8.30 Å². The fraction of sp³-hybridized carbons (Fsp3) is 0.140. The Morgan fingerprint density at radius 1 is 0.720 bits per heavy atom. The Morgan fingerprint density at radius 2 is 1.30 bits per heavy atom. The summed E-state index contributed by atoms with van der Waals surface area (Å²) in [7, 11) is -1.02. The van der Waals surface area contributed by atoms with E-state index in [2.05, 4.69) is 97.7 Å². The smallest absolute Gasteiger partial charge is 0.507 e. The van der Waals surface area contributed by atoms with Gasteiger partial charge in [0, 0.05) is 24.2 Å². The van der Waals surface area contributed by atoms with E-state index >= 15 is 0 Å². The molecular formula is C43H39FeN2O3P+2. The standard InChI is InChI=1S/C29H27NO2P.C14H12NO.Fe/c1-3-30(4-2)33(23-13-7-8-14-23)32-27-20-18-22-12-6-10-16-25(22)29(27)28-24-15-9-5-11-21(24)17-19-26(28)31;1-2-6-11(7-3-1)13-10-16-14(15-13)12-8-4-5-9-12;/h5-20,31H,3-4H2,1-2H3;1-9,13H,10H2;/q;;+2/t33-;13-;/m11./s1. The molecule has 5 aromatic carbocycles. The summed E-state index contributed by atoms with van der Waals surface area (Å²) in [6.07, 6.45) is 16.4. The van der Waals surface area contributed by atoms with E-state index in [1.807, 2.05) is 74.2 Å². The first kappa shape index (κ1) is 36.4. The van der Waals surface area contributed by atoms with Crippen molar-refractivity contribution in [1.82, 2.24) is 4.67 Å². The average Bonchev–Trinajstić information content (AvgIpc) is 3.97. The molecule has 2 fully saturated rings. The van der Waals surface area contributed by atoms with Gasteiger partial charge in [0.25, 0.3) is 0 Å². The average molecular weight is 719 g/mol. The van der Waals surface area contributed by atoms with Gasteiger partial charge in [-0.25, -0.2) is 4.99 Å². The van der Waals surface area contributed by atoms with E-state index in [1.165, 1.54) is 11.2 Å². The molecule has 2 atom stereocenters. The SMILES string of the molecule is CCN(CC)[P@](Oc1ccc2ccccc2c1-c1c(O)ccc2ccccc12)[C]1[CH][CH][CH][CH]1.[CH]1[CH][CH][C](C2=N[C@@H](c3ccccc3)CO2)[CH]1.[Fe+2]. The van der Waals surface area contributed by atoms with Crippen LogP contribution in [0.1, 0.15) is 25.5 Å². The van der Waals surface area contributed by atoms with Crippen LogP contribution in [0.4, 0.5) is 0 Å². The monoisotopic (exact) mass is 718 g/mol. The molecule has 50 heavy (non-hydrogen) atoms. The number of hydrogen-bond donors (Lipinski definition) is 1. The van der Waals surface area contributed by atoms with E-state index in [0.29, 0.717) is 6.61 Å². The van der Waals surface area contributed by atoms with Crippen LogP contribution in [0.25, 0.3) is 32.7 Å². The Labute approximate surface area is 309 Å². The second-order valence-electron chi connectivity index (χ2n) is 11.8. The molecule has 0 amide bonds. The number of aromatic hydroxyl groups is 1. The van der Waals surface area contributed by atoms with Crippen molar-refractivity contribution in [2.24, 2.45) is 4.99 Å². The van der Waals surface area contributed by atoms with Gasteiger partial charge in [0.1, 0.15) is 24.1 Å². The summed E-state index contributed by atoms with van der Waals surface area (Å²) < 4.78 is 14.9. The quantitative estimate of drug-likeness (QED) is 0.122. The molecule has 3 aliphatic rings. The minimum atomic E-state index is -1.02. The van der Waals surface area contributed by atoms with Gasteiger partial charge in [-0.05, 0) is 90.6 Å². The molecule has 0 unspecified atom stereocenters. The van der Waals surface area contributed by atoms with Crippen LogP contribution in [0.2, 0.25) is 0 Å². The topological polar surface area (TPSA) is 54.3 Å². The Kier molecular flexibility index (Phi) is 12.5. The van der Waals surface area contributed by atoms with Crippen molar-refractivity contribution >= 4 is 35.7 Å². The number of fused-ring (bicyclic) bond motifs is 2. The van der Waals surface area contributed by atoms with E-state index in [1.54, 1.807) is 6.07 Å². The second kappa shape index (κ2) is 17.2. The molecule has 7 heteroatoms. The zero-order chi connectivity index (χ0) is 33.6. The van der Waals surface area contributed by atoms with Gasteiger partial charge in [0.05, 0.1) is 11.6 Å². The molecule has 2 saturated carbocycles. The third-order valence-corrected chi connectivity index (χ3v) is 11.0. The maximum Gasteiger partial charge on any atom is 2.00 e. The number of rotatable bonds is 9. The first-order chi connectivity index (χ1) is 24.1. The molecule has 10 radical (unpaired) electrons. The molecule has 2 aliphatic carbocycles. The largest absolute Gasteiger partial charge is 2.00 e. The van der Waals surface area contributed by atoms with Crippen molar-refractivity contribution in [2.45, 2.75) is 19.9 Å². The van der Waals surface area contributed by atoms with Crippen molar-refractivity contribution in [1.29, 1.82) is 0 Å². The predicted octanol–water partition coefficient (Wildman–Crippen LogP) is 10.3. The van der Waals surface area contributed by atoms with Crippen LogP contribution in [-0.4, -0.2) is 35.4 Å². The second-order valence-corrected chi connectivity index (χ2v) is 13.6. The maximum absolute atomic E-state index is 11.1. The number of phenolic OH excluding ortho intramolecular Hbond substituents is 1. The Balaban J connectivity index is 0.000000213. The first-order valence-electron chi connectivity index (χ1n) is 16.8. The normalized spacial score (nSPS) is 18.4. The third kappa shape index (κ3) is 7.90. The number of aliphatic imine (C=N–C) groups is 1. The van der Waals surface area contributed by atoms with Crippen LogP contribution in [-0.2, 0) is 21.8 Å². The van der Waals surface area contributed by atoms with E-state index in [0.717, 1.165) is 63.3 Å². The van der Waals surface area contributed by atoms with Crippen LogP contribution in [0, 0.1) is 62.9 Å². The van der Waals surface area contributed by atoms with Gasteiger partial charge in [0.15, 0.2) is 14.2 Å². The minimum Gasteiger partial charge on any atom is -0.507 e. The predicted molar refractivity (Wildman–Crippen MR) is 202 cm³/mol. The third-order valence-electron chi connectivity index (χ3n) is 8.83. The van der Waals surface area contributed by atoms with Gasteiger partial charge in [-0.1, -0.05) is 105 Å². The van der Waals surface area contributed by atoms with Crippen molar-refractivity contribution in [3.63, 3.8) is 0 Å². The van der Waals surface area contributed by atoms with Gasteiger partial charge in [-0.2, -0.15) is 0 Å². The summed E-state index contributed by atoms with van der Waals surface area (Å²) in [5.41, 5.74) is 4.16. The van der Waals surface area contributed by atoms with Crippen molar-refractivity contribution in [2.75, 3.05) is 19.7 Å². The molecule has 8 rings (SSSR count). The number of phenols is 1. The van der Waals surface area contributed by atoms with Crippen molar-refractivity contribution < 1.29 is 31.4 Å². The molecular weight excluding hydrogens is 679 g/mol. The fourth-order valence-corrected chi connectivity index (χ4v) is 8.17. The van der Waals surface area contributed by atoms with Gasteiger partial charge in [0.2, 0.25) is 0 Å². The zero-order valence-corrected chi connectivity index (χ0v) is 30.1. The minimum absolute atomic E-state index is 0. The van der Waals surface area contributed by atoms with Gasteiger partial charge >= 0.3 is 17.1 Å². The molecule has 1 N–H and O–H groups in total.